The normalized spacial score (nSPS) is 23.1. The summed E-state index contributed by atoms with van der Waals surface area (Å²) < 4.78 is 8.71. The molecule has 2 saturated heterocycles. The molecule has 0 bridgehead atoms. The maximum absolute atomic E-state index is 12.9. The number of nitrogens with zero attached hydrogens (tertiary/aromatic N) is 1. The number of amides is 2. The highest BCUT2D eigenvalue weighted by Gasteiger charge is 2.50. The van der Waals surface area contributed by atoms with Crippen LogP contribution in [0.5, 0.6) is 5.75 Å². The Labute approximate surface area is 251 Å². The molecule has 3 aliphatic heterocycles. The van der Waals surface area contributed by atoms with Gasteiger partial charge in [0.2, 0.25) is 18.5 Å². The molecule has 1 aromatic heterocycles. The molecular weight excluding hydrogens is 538 g/mol. The van der Waals surface area contributed by atoms with E-state index in [1.165, 1.54) is 45.2 Å². The van der Waals surface area contributed by atoms with E-state index < -0.39 is 0 Å². The van der Waals surface area contributed by atoms with E-state index in [2.05, 4.69) is 44.0 Å². The zero-order valence-electron chi connectivity index (χ0n) is 24.2. The SMILES string of the molecule is C1CC2(CC2)CN1.O=CNc1ccc2c(c1)OC(c1ccccc1)n1c-2cc2cc(NC(=O)C3CC4(CC4)CN3)ccc21. The lowest BCUT2D eigenvalue weighted by atomic mass is 10.0. The van der Waals surface area contributed by atoms with Crippen molar-refractivity contribution in [2.24, 2.45) is 10.8 Å². The summed E-state index contributed by atoms with van der Waals surface area (Å²) in [6.07, 6.45) is 8.13. The molecule has 4 heterocycles. The Morgan fingerprint density at radius 3 is 2.42 bits per heavy atom. The topological polar surface area (TPSA) is 96.4 Å². The van der Waals surface area contributed by atoms with Crippen LogP contribution in [0.15, 0.2) is 72.8 Å². The van der Waals surface area contributed by atoms with Crippen molar-refractivity contribution in [3.63, 3.8) is 0 Å². The van der Waals surface area contributed by atoms with Crippen molar-refractivity contribution in [2.45, 2.75) is 50.8 Å². The van der Waals surface area contributed by atoms with Crippen molar-refractivity contribution in [1.29, 1.82) is 0 Å². The predicted molar refractivity (Wildman–Crippen MR) is 168 cm³/mol. The maximum Gasteiger partial charge on any atom is 0.241 e. The molecule has 2 saturated carbocycles. The summed E-state index contributed by atoms with van der Waals surface area (Å²) in [6, 6.07) is 23.8. The molecule has 4 N–H and O–H groups in total. The molecule has 4 fully saturated rings. The average molecular weight is 576 g/mol. The molecule has 43 heavy (non-hydrogen) atoms. The van der Waals surface area contributed by atoms with E-state index in [1.54, 1.807) is 0 Å². The number of carbonyl (C=O) groups is 2. The van der Waals surface area contributed by atoms with Crippen LogP contribution in [-0.4, -0.2) is 42.6 Å². The number of hydrogen-bond acceptors (Lipinski definition) is 5. The van der Waals surface area contributed by atoms with E-state index in [0.29, 0.717) is 23.3 Å². The first-order valence-corrected chi connectivity index (χ1v) is 15.5. The van der Waals surface area contributed by atoms with E-state index in [-0.39, 0.29) is 18.2 Å². The molecule has 2 spiro atoms. The van der Waals surface area contributed by atoms with Crippen LogP contribution in [0.25, 0.3) is 22.2 Å². The van der Waals surface area contributed by atoms with E-state index >= 15 is 0 Å². The number of nitrogens with one attached hydrogen (secondary N) is 4. The largest absolute Gasteiger partial charge is 0.465 e. The highest BCUT2D eigenvalue weighted by atomic mass is 16.5. The van der Waals surface area contributed by atoms with Crippen molar-refractivity contribution in [3.05, 3.63) is 78.4 Å². The van der Waals surface area contributed by atoms with Gasteiger partial charge in [0, 0.05) is 47.0 Å². The summed E-state index contributed by atoms with van der Waals surface area (Å²) in [4.78, 5) is 23.9. The molecule has 2 atom stereocenters. The summed E-state index contributed by atoms with van der Waals surface area (Å²) in [5, 5.41) is 13.6. The first-order chi connectivity index (χ1) is 21.0. The fourth-order valence-electron chi connectivity index (χ4n) is 7.06. The molecule has 220 valence electrons. The lowest BCUT2D eigenvalue weighted by molar-refractivity contribution is -0.117. The number of anilines is 2. The quantitative estimate of drug-likeness (QED) is 0.231. The van der Waals surface area contributed by atoms with Crippen molar-refractivity contribution in [3.8, 4) is 17.0 Å². The molecule has 8 heteroatoms. The number of fused-ring (bicyclic) bond motifs is 5. The molecule has 2 amide bonds. The molecule has 5 aliphatic rings. The lowest BCUT2D eigenvalue weighted by Crippen LogP contribution is -2.35. The summed E-state index contributed by atoms with van der Waals surface area (Å²) in [6.45, 7) is 3.54. The van der Waals surface area contributed by atoms with Crippen LogP contribution in [-0.2, 0) is 9.59 Å². The van der Waals surface area contributed by atoms with Gasteiger partial charge in [-0.05, 0) is 92.3 Å². The Hall–Kier alpha value is -4.14. The van der Waals surface area contributed by atoms with Gasteiger partial charge in [-0.1, -0.05) is 30.3 Å². The minimum atomic E-state index is -0.365. The van der Waals surface area contributed by atoms with Crippen molar-refractivity contribution in [1.82, 2.24) is 15.2 Å². The van der Waals surface area contributed by atoms with Gasteiger partial charge in [-0.15, -0.1) is 0 Å². The van der Waals surface area contributed by atoms with E-state index in [9.17, 15) is 9.59 Å². The monoisotopic (exact) mass is 575 g/mol. The lowest BCUT2D eigenvalue weighted by Gasteiger charge is -2.30. The minimum absolute atomic E-state index is 0.0353. The van der Waals surface area contributed by atoms with Gasteiger partial charge in [0.1, 0.15) is 5.75 Å². The van der Waals surface area contributed by atoms with Gasteiger partial charge in [0.05, 0.1) is 17.3 Å². The van der Waals surface area contributed by atoms with Crippen LogP contribution in [0.3, 0.4) is 0 Å². The fourth-order valence-corrected chi connectivity index (χ4v) is 7.06. The third-order valence-electron chi connectivity index (χ3n) is 10.1. The summed E-state index contributed by atoms with van der Waals surface area (Å²) in [5.41, 5.74) is 6.69. The van der Waals surface area contributed by atoms with Gasteiger partial charge in [-0.3, -0.25) is 9.59 Å². The number of hydrogen-bond donors (Lipinski definition) is 4. The van der Waals surface area contributed by atoms with Crippen LogP contribution < -0.4 is 26.0 Å². The third kappa shape index (κ3) is 4.98. The van der Waals surface area contributed by atoms with Gasteiger partial charge in [0.25, 0.3) is 0 Å². The van der Waals surface area contributed by atoms with Crippen molar-refractivity contribution < 1.29 is 14.3 Å². The summed E-state index contributed by atoms with van der Waals surface area (Å²) >= 11 is 0. The zero-order chi connectivity index (χ0) is 29.0. The third-order valence-corrected chi connectivity index (χ3v) is 10.1. The smallest absolute Gasteiger partial charge is 0.241 e. The highest BCUT2D eigenvalue weighted by molar-refractivity contribution is 5.98. The Morgan fingerprint density at radius 1 is 0.907 bits per heavy atom. The maximum atomic E-state index is 12.9. The van der Waals surface area contributed by atoms with Gasteiger partial charge >= 0.3 is 0 Å². The zero-order valence-corrected chi connectivity index (χ0v) is 24.2. The molecule has 3 aromatic carbocycles. The number of ether oxygens (including phenoxy) is 1. The molecule has 0 radical (unpaired) electrons. The molecule has 2 aliphatic carbocycles. The van der Waals surface area contributed by atoms with Crippen LogP contribution in [0.4, 0.5) is 11.4 Å². The molecule has 4 aromatic rings. The number of rotatable bonds is 5. The standard InChI is InChI=1S/C29H26N4O3.C6H11N/c34-17-31-20-6-8-22-25-13-19-12-21(32-27(35)23-15-29(10-11-29)16-30-23)7-9-24(19)33(25)28(36-26(22)14-20)18-4-2-1-3-5-18;1-2-6(1)3-4-7-5-6/h1-9,12-14,17,23,28,30H,10-11,15-16H2,(H,31,34)(H,32,35);7H,1-5H2. The van der Waals surface area contributed by atoms with Gasteiger partial charge < -0.3 is 30.6 Å². The van der Waals surface area contributed by atoms with Crippen LogP contribution >= 0.6 is 0 Å². The van der Waals surface area contributed by atoms with Gasteiger partial charge in [0.15, 0.2) is 0 Å². The van der Waals surface area contributed by atoms with Crippen LogP contribution in [0, 0.1) is 10.8 Å². The fraction of sp³-hybridized carbons (Fsp3) is 0.371. The van der Waals surface area contributed by atoms with E-state index in [1.807, 2.05) is 54.6 Å². The molecule has 8 nitrogen and oxygen atoms in total. The van der Waals surface area contributed by atoms with E-state index in [0.717, 1.165) is 51.8 Å². The second-order valence-electron chi connectivity index (χ2n) is 13.1. The Bertz CT molecular complexity index is 1700. The Balaban J connectivity index is 0.000000346. The first-order valence-electron chi connectivity index (χ1n) is 15.5. The summed E-state index contributed by atoms with van der Waals surface area (Å²) in [5.74, 6) is 0.744. The summed E-state index contributed by atoms with van der Waals surface area (Å²) in [7, 11) is 0. The molecule has 9 rings (SSSR count). The Morgan fingerprint density at radius 2 is 1.72 bits per heavy atom. The number of aromatic nitrogens is 1. The average Bonchev–Trinajstić information content (AvgIpc) is 3.77. The van der Waals surface area contributed by atoms with Crippen LogP contribution in [0.2, 0.25) is 0 Å². The van der Waals surface area contributed by atoms with Gasteiger partial charge in [-0.2, -0.15) is 0 Å². The first kappa shape index (κ1) is 26.5. The van der Waals surface area contributed by atoms with Crippen molar-refractivity contribution in [2.75, 3.05) is 30.3 Å². The van der Waals surface area contributed by atoms with Crippen molar-refractivity contribution >= 4 is 34.6 Å². The molecular formula is C35H37N5O3. The second-order valence-corrected chi connectivity index (χ2v) is 13.1. The number of benzene rings is 3. The highest BCUT2D eigenvalue weighted by Crippen LogP contribution is 2.52. The minimum Gasteiger partial charge on any atom is -0.465 e. The number of carbonyl (C=O) groups excluding carboxylic acids is 2. The van der Waals surface area contributed by atoms with E-state index in [4.69, 9.17) is 4.74 Å². The second kappa shape index (κ2) is 10.2. The molecule has 2 unspecified atom stereocenters. The predicted octanol–water partition coefficient (Wildman–Crippen LogP) is 5.66. The van der Waals surface area contributed by atoms with Gasteiger partial charge in [-0.25, -0.2) is 0 Å². The Kier molecular flexibility index (Phi) is 6.31. The van der Waals surface area contributed by atoms with Crippen LogP contribution in [0.1, 0.15) is 50.3 Å².